The number of hydrogen-bond donors (Lipinski definition) is 14. The molecule has 17 nitrogen and oxygen atoms in total. The van der Waals surface area contributed by atoms with Crippen LogP contribution in [0, 0.1) is 0 Å². The van der Waals surface area contributed by atoms with Crippen molar-refractivity contribution in [3.8, 4) is 0 Å². The molecule has 0 aromatic rings. The summed E-state index contributed by atoms with van der Waals surface area (Å²) in [5.74, 6) is 0. The maximum atomic E-state index is 9.90. The Balaban J connectivity index is -0.000000439. The zero-order valence-corrected chi connectivity index (χ0v) is 18.6. The van der Waals surface area contributed by atoms with Crippen LogP contribution in [0.5, 0.6) is 0 Å². The van der Waals surface area contributed by atoms with Crippen LogP contribution in [0.3, 0.4) is 0 Å². The lowest BCUT2D eigenvalue weighted by Crippen LogP contribution is -2.46. The molecule has 0 aliphatic carbocycles. The van der Waals surface area contributed by atoms with E-state index in [2.05, 4.69) is 0 Å². The summed E-state index contributed by atoms with van der Waals surface area (Å²) in [6.07, 6.45) is -19.6. The number of carbonyl (C=O) groups excluding carboxylic acids is 3. The largest absolute Gasteiger partial charge is 0.394 e. The van der Waals surface area contributed by atoms with Crippen LogP contribution in [0.4, 0.5) is 0 Å². The molecular weight excluding hydrogens is 488 g/mol. The summed E-state index contributed by atoms with van der Waals surface area (Å²) in [6.45, 7) is -0.279. The van der Waals surface area contributed by atoms with E-state index in [1.165, 1.54) is 6.92 Å². The molecule has 0 rings (SSSR count). The molecule has 0 saturated carbocycles. The third-order valence-corrected chi connectivity index (χ3v) is 4.17. The second-order valence-electron chi connectivity index (χ2n) is 7.06. The normalized spacial score (nSPS) is 21.3. The van der Waals surface area contributed by atoms with Crippen molar-refractivity contribution in [2.45, 2.75) is 80.2 Å². The van der Waals surface area contributed by atoms with Crippen molar-refractivity contribution in [3.63, 3.8) is 0 Å². The second kappa shape index (κ2) is 20.6. The monoisotopic (exact) mass is 524 g/mol. The quantitative estimate of drug-likeness (QED) is 0.0937. The molecule has 0 aliphatic heterocycles. The Bertz CT molecular complexity index is 517. The van der Waals surface area contributed by atoms with Crippen LogP contribution in [-0.4, -0.2) is 177 Å². The molecule has 210 valence electrons. The van der Waals surface area contributed by atoms with E-state index in [1.54, 1.807) is 0 Å². The summed E-state index contributed by atoms with van der Waals surface area (Å²) in [6, 6.07) is 0. The molecular formula is C18H36O17. The molecule has 0 aromatic heterocycles. The highest BCUT2D eigenvalue weighted by atomic mass is 16.4. The molecule has 0 aliphatic rings. The Kier molecular flexibility index (Phi) is 22.4. The zero-order valence-electron chi connectivity index (χ0n) is 18.6. The van der Waals surface area contributed by atoms with E-state index in [1.807, 2.05) is 0 Å². The molecule has 35 heavy (non-hydrogen) atoms. The molecule has 0 unspecified atom stereocenters. The fourth-order valence-corrected chi connectivity index (χ4v) is 1.80. The van der Waals surface area contributed by atoms with Crippen LogP contribution < -0.4 is 0 Å². The van der Waals surface area contributed by atoms with Gasteiger partial charge in [-0.15, -0.1) is 0 Å². The molecule has 0 spiro atoms. The Morgan fingerprint density at radius 2 is 0.686 bits per heavy atom. The van der Waals surface area contributed by atoms with Gasteiger partial charge in [-0.05, 0) is 6.92 Å². The van der Waals surface area contributed by atoms with Gasteiger partial charge >= 0.3 is 0 Å². The summed E-state index contributed by atoms with van der Waals surface area (Å²) < 4.78 is 0. The van der Waals surface area contributed by atoms with Gasteiger partial charge in [-0.25, -0.2) is 0 Å². The maximum Gasteiger partial charge on any atom is 0.151 e. The van der Waals surface area contributed by atoms with Crippen LogP contribution >= 0.6 is 0 Å². The van der Waals surface area contributed by atoms with Gasteiger partial charge in [0.1, 0.15) is 67.1 Å². The Morgan fingerprint density at radius 3 is 0.857 bits per heavy atom. The number of aliphatic hydroxyl groups excluding tert-OH is 14. The van der Waals surface area contributed by atoms with Crippen molar-refractivity contribution in [2.75, 3.05) is 13.2 Å². The van der Waals surface area contributed by atoms with Crippen molar-refractivity contribution in [1.29, 1.82) is 0 Å². The molecule has 0 saturated heterocycles. The summed E-state index contributed by atoms with van der Waals surface area (Å²) in [7, 11) is 0. The first-order valence-electron chi connectivity index (χ1n) is 9.83. The molecule has 0 fully saturated rings. The van der Waals surface area contributed by atoms with E-state index in [0.29, 0.717) is 0 Å². The maximum absolute atomic E-state index is 9.90. The second-order valence-corrected chi connectivity index (χ2v) is 7.06. The van der Waals surface area contributed by atoms with E-state index in [0.717, 1.165) is 0 Å². The van der Waals surface area contributed by atoms with Gasteiger partial charge in [0.25, 0.3) is 0 Å². The van der Waals surface area contributed by atoms with Gasteiger partial charge in [0.2, 0.25) is 0 Å². The van der Waals surface area contributed by atoms with Gasteiger partial charge in [0.15, 0.2) is 18.9 Å². The standard InChI is InChI=1S/2C6H12O6.C6H12O5/c2*7-1-3(9)5(11)6(12)4(10)2-8;1-3(8)5(10)6(11)4(9)2-7/h2*1,3-6,8-12H,2H2;2-6,8-11H,1H3/t3-,4+,5+,6+;3-,4+,5+,6-;3-,4-,5-,6-/m000/s1. The fraction of sp³-hybridized carbons (Fsp3) is 0.833. The lowest BCUT2D eigenvalue weighted by atomic mass is 10.0. The summed E-state index contributed by atoms with van der Waals surface area (Å²) in [5.41, 5.74) is 0. The third-order valence-electron chi connectivity index (χ3n) is 4.17. The predicted molar refractivity (Wildman–Crippen MR) is 110 cm³/mol. The SMILES string of the molecule is C[C@H](O)[C@H](O)[C@@H](O)[C@@H](O)C=O.O=C[C@H](O)[C@@H](O)[C@@H](O)[C@H](O)CO.O=C[C@H](O)[C@@H](O)[C@H](O)[C@H](O)CO. The van der Waals surface area contributed by atoms with Crippen LogP contribution in [0.15, 0.2) is 0 Å². The average Bonchev–Trinajstić information content (AvgIpc) is 2.88. The summed E-state index contributed by atoms with van der Waals surface area (Å²) in [5, 5.41) is 122. The minimum atomic E-state index is -1.79. The fourth-order valence-electron chi connectivity index (χ4n) is 1.80. The Hall–Kier alpha value is -1.55. The lowest BCUT2D eigenvalue weighted by Gasteiger charge is -2.22. The highest BCUT2D eigenvalue weighted by Crippen LogP contribution is 2.04. The first-order valence-corrected chi connectivity index (χ1v) is 9.83. The molecule has 14 N–H and O–H groups in total. The molecule has 0 heterocycles. The molecule has 17 heteroatoms. The minimum absolute atomic E-state index is 0.0258. The molecule has 0 bridgehead atoms. The smallest absolute Gasteiger partial charge is 0.151 e. The first kappa shape index (κ1) is 38.0. The van der Waals surface area contributed by atoms with E-state index in [9.17, 15) is 14.4 Å². The lowest BCUT2D eigenvalue weighted by molar-refractivity contribution is -0.136. The van der Waals surface area contributed by atoms with Crippen LogP contribution in [0.2, 0.25) is 0 Å². The summed E-state index contributed by atoms with van der Waals surface area (Å²) in [4.78, 5) is 29.7. The Morgan fingerprint density at radius 1 is 0.457 bits per heavy atom. The van der Waals surface area contributed by atoms with Crippen molar-refractivity contribution in [1.82, 2.24) is 0 Å². The summed E-state index contributed by atoms with van der Waals surface area (Å²) >= 11 is 0. The average molecular weight is 524 g/mol. The van der Waals surface area contributed by atoms with Crippen molar-refractivity contribution in [2.24, 2.45) is 0 Å². The number of hydrogen-bond acceptors (Lipinski definition) is 17. The van der Waals surface area contributed by atoms with Gasteiger partial charge in [-0.1, -0.05) is 0 Å². The van der Waals surface area contributed by atoms with Crippen molar-refractivity contribution >= 4 is 18.9 Å². The van der Waals surface area contributed by atoms with Crippen LogP contribution in [0.25, 0.3) is 0 Å². The zero-order chi connectivity index (χ0) is 28.5. The van der Waals surface area contributed by atoms with Crippen LogP contribution in [0.1, 0.15) is 6.92 Å². The van der Waals surface area contributed by atoms with Gasteiger partial charge in [0.05, 0.1) is 19.3 Å². The van der Waals surface area contributed by atoms with Gasteiger partial charge < -0.3 is 85.9 Å². The van der Waals surface area contributed by atoms with E-state index < -0.39 is 86.5 Å². The first-order chi connectivity index (χ1) is 16.1. The minimum Gasteiger partial charge on any atom is -0.394 e. The third kappa shape index (κ3) is 15.2. The predicted octanol–water partition coefficient (Wildman–Crippen LogP) is -9.11. The van der Waals surface area contributed by atoms with Gasteiger partial charge in [-0.3, -0.25) is 0 Å². The van der Waals surface area contributed by atoms with E-state index >= 15 is 0 Å². The number of aliphatic hydroxyl groups is 14. The van der Waals surface area contributed by atoms with Crippen LogP contribution in [-0.2, 0) is 14.4 Å². The molecule has 12 atom stereocenters. The van der Waals surface area contributed by atoms with Gasteiger partial charge in [0, 0.05) is 0 Å². The highest BCUT2D eigenvalue weighted by Gasteiger charge is 2.30. The molecule has 0 radical (unpaired) electrons. The van der Waals surface area contributed by atoms with Crippen molar-refractivity contribution < 1.29 is 85.9 Å². The van der Waals surface area contributed by atoms with Gasteiger partial charge in [-0.2, -0.15) is 0 Å². The Labute approximate surface area is 199 Å². The molecule has 0 amide bonds. The number of rotatable bonds is 14. The topological polar surface area (TPSA) is 334 Å². The van der Waals surface area contributed by atoms with E-state index in [4.69, 9.17) is 71.5 Å². The number of aldehydes is 3. The molecule has 0 aromatic carbocycles. The highest BCUT2D eigenvalue weighted by molar-refractivity contribution is 5.57. The van der Waals surface area contributed by atoms with E-state index in [-0.39, 0.29) is 18.9 Å². The van der Waals surface area contributed by atoms with Crippen molar-refractivity contribution in [3.05, 3.63) is 0 Å². The number of carbonyl (C=O) groups is 3.